The number of rotatable bonds is 14. The minimum Gasteiger partial charge on any atom is -0.393 e. The van der Waals surface area contributed by atoms with Crippen molar-refractivity contribution in [3.8, 4) is 0 Å². The maximum Gasteiger partial charge on any atom is 0.453 e. The van der Waals surface area contributed by atoms with Crippen molar-refractivity contribution in [2.75, 3.05) is 6.54 Å². The van der Waals surface area contributed by atoms with Crippen LogP contribution in [0.1, 0.15) is 136 Å². The number of carbonyl (C=O) groups excluding carboxylic acids is 2. The van der Waals surface area contributed by atoms with Gasteiger partial charge in [0.05, 0.1) is 6.10 Å². The number of aliphatic hydroxyl groups excluding tert-OH is 1. The Morgan fingerprint density at radius 3 is 2.28 bits per heavy atom. The SMILES string of the molecule is C[C@]12CCC(=O)CC1CC[C@@H]1[C@H]2C(CCCCCCCCCNC(=O)CCCC(F)(F)C(F)(F)F)C[C@]2(C)C(O)CC[C@@H]12. The summed E-state index contributed by atoms with van der Waals surface area (Å²) in [5, 5.41) is 13.7. The van der Waals surface area contributed by atoms with Crippen LogP contribution in [0.2, 0.25) is 0 Å². The van der Waals surface area contributed by atoms with Gasteiger partial charge in [0.2, 0.25) is 5.91 Å². The number of fused-ring (bicyclic) bond motifs is 5. The van der Waals surface area contributed by atoms with Crippen LogP contribution in [-0.2, 0) is 9.59 Å². The molecule has 4 rings (SSSR count). The second-order valence-corrected chi connectivity index (χ2v) is 15.1. The van der Waals surface area contributed by atoms with Crippen molar-refractivity contribution in [2.45, 2.75) is 154 Å². The molecule has 9 heteroatoms. The number of halogens is 5. The van der Waals surface area contributed by atoms with Crippen LogP contribution in [-0.4, -0.2) is 41.5 Å². The summed E-state index contributed by atoms with van der Waals surface area (Å²) in [5.74, 6) is -1.69. The van der Waals surface area contributed by atoms with Crippen LogP contribution in [0.5, 0.6) is 0 Å². The molecule has 4 nitrogen and oxygen atoms in total. The van der Waals surface area contributed by atoms with Crippen LogP contribution in [0, 0.1) is 40.4 Å². The Labute approximate surface area is 254 Å². The highest BCUT2D eigenvalue weighted by Gasteiger charge is 2.62. The Balaban J connectivity index is 1.14. The molecule has 8 atom stereocenters. The fraction of sp³-hybridized carbons (Fsp3) is 0.941. The van der Waals surface area contributed by atoms with Crippen LogP contribution in [0.4, 0.5) is 22.0 Å². The minimum atomic E-state index is -5.57. The third-order valence-electron chi connectivity index (χ3n) is 12.4. The summed E-state index contributed by atoms with van der Waals surface area (Å²) in [5.41, 5.74) is 0.281. The van der Waals surface area contributed by atoms with E-state index in [0.29, 0.717) is 41.9 Å². The monoisotopic (exact) mass is 619 g/mol. The molecule has 1 amide bonds. The van der Waals surface area contributed by atoms with Crippen LogP contribution in [0.3, 0.4) is 0 Å². The molecule has 4 aliphatic carbocycles. The van der Waals surface area contributed by atoms with Crippen LogP contribution in [0.15, 0.2) is 0 Å². The van der Waals surface area contributed by atoms with Crippen molar-refractivity contribution in [2.24, 2.45) is 40.4 Å². The van der Waals surface area contributed by atoms with Gasteiger partial charge in [-0.05, 0) is 91.8 Å². The Morgan fingerprint density at radius 2 is 1.58 bits per heavy atom. The second kappa shape index (κ2) is 14.0. The molecule has 0 aromatic carbocycles. The number of amides is 1. The minimum absolute atomic E-state index is 0.0308. The van der Waals surface area contributed by atoms with Crippen molar-refractivity contribution in [3.63, 3.8) is 0 Å². The highest BCUT2D eigenvalue weighted by atomic mass is 19.4. The molecule has 4 fully saturated rings. The van der Waals surface area contributed by atoms with Crippen molar-refractivity contribution in [3.05, 3.63) is 0 Å². The number of carbonyl (C=O) groups is 2. The average molecular weight is 620 g/mol. The lowest BCUT2D eigenvalue weighted by Crippen LogP contribution is -2.57. The predicted octanol–water partition coefficient (Wildman–Crippen LogP) is 8.79. The molecule has 0 heterocycles. The highest BCUT2D eigenvalue weighted by molar-refractivity contribution is 5.79. The van der Waals surface area contributed by atoms with Gasteiger partial charge in [-0.3, -0.25) is 9.59 Å². The maximum absolute atomic E-state index is 12.9. The van der Waals surface area contributed by atoms with E-state index in [1.165, 1.54) is 32.1 Å². The first-order valence-corrected chi connectivity index (χ1v) is 17.1. The van der Waals surface area contributed by atoms with E-state index >= 15 is 0 Å². The lowest BCUT2D eigenvalue weighted by Gasteiger charge is -2.62. The highest BCUT2D eigenvalue weighted by Crippen LogP contribution is 2.68. The first-order chi connectivity index (χ1) is 20.2. The Hall–Kier alpha value is -1.25. The van der Waals surface area contributed by atoms with E-state index in [-0.39, 0.29) is 23.4 Å². The van der Waals surface area contributed by atoms with E-state index in [1.54, 1.807) is 0 Å². The summed E-state index contributed by atoms with van der Waals surface area (Å²) in [6.07, 6.45) is 8.74. The molecule has 0 aromatic heterocycles. The molecule has 0 saturated heterocycles. The third-order valence-corrected chi connectivity index (χ3v) is 12.4. The van der Waals surface area contributed by atoms with Crippen molar-refractivity contribution in [1.29, 1.82) is 0 Å². The van der Waals surface area contributed by atoms with Gasteiger partial charge in [-0.15, -0.1) is 0 Å². The smallest absolute Gasteiger partial charge is 0.393 e. The van der Waals surface area contributed by atoms with E-state index in [9.17, 15) is 36.6 Å². The van der Waals surface area contributed by atoms with Gasteiger partial charge in [0, 0.05) is 32.2 Å². The largest absolute Gasteiger partial charge is 0.453 e. The number of nitrogens with one attached hydrogen (secondary N) is 1. The quantitative estimate of drug-likeness (QED) is 0.151. The van der Waals surface area contributed by atoms with E-state index in [2.05, 4.69) is 19.2 Å². The topological polar surface area (TPSA) is 66.4 Å². The number of aliphatic hydroxyl groups is 1. The number of hydrogen-bond donors (Lipinski definition) is 2. The van der Waals surface area contributed by atoms with E-state index < -0.39 is 30.8 Å². The summed E-state index contributed by atoms with van der Waals surface area (Å²) < 4.78 is 62.5. The first-order valence-electron chi connectivity index (χ1n) is 17.1. The van der Waals surface area contributed by atoms with Gasteiger partial charge < -0.3 is 10.4 Å². The molecule has 0 aliphatic heterocycles. The summed E-state index contributed by atoms with van der Waals surface area (Å²) >= 11 is 0. The summed E-state index contributed by atoms with van der Waals surface area (Å²) in [6, 6.07) is 0. The molecule has 2 N–H and O–H groups in total. The first kappa shape index (κ1) is 34.6. The van der Waals surface area contributed by atoms with Gasteiger partial charge in [0.1, 0.15) is 5.78 Å². The van der Waals surface area contributed by atoms with E-state index in [4.69, 9.17) is 0 Å². The zero-order chi connectivity index (χ0) is 31.5. The van der Waals surface area contributed by atoms with Crippen LogP contribution < -0.4 is 5.32 Å². The Morgan fingerprint density at radius 1 is 0.907 bits per heavy atom. The van der Waals surface area contributed by atoms with Gasteiger partial charge in [-0.2, -0.15) is 22.0 Å². The van der Waals surface area contributed by atoms with Crippen molar-refractivity contribution in [1.82, 2.24) is 5.32 Å². The maximum atomic E-state index is 12.9. The molecule has 0 spiro atoms. The number of unbranched alkanes of at least 4 members (excludes halogenated alkanes) is 6. The second-order valence-electron chi connectivity index (χ2n) is 15.1. The Bertz CT molecular complexity index is 957. The van der Waals surface area contributed by atoms with Gasteiger partial charge in [-0.25, -0.2) is 0 Å². The molecule has 248 valence electrons. The van der Waals surface area contributed by atoms with E-state index in [0.717, 1.165) is 70.6 Å². The Kier molecular flexibility index (Phi) is 11.3. The number of alkyl halides is 5. The predicted molar refractivity (Wildman–Crippen MR) is 156 cm³/mol. The number of ketones is 1. The van der Waals surface area contributed by atoms with Crippen molar-refractivity contribution >= 4 is 11.7 Å². The van der Waals surface area contributed by atoms with Crippen LogP contribution >= 0.6 is 0 Å². The molecular formula is C34H54F5NO3. The van der Waals surface area contributed by atoms with Gasteiger partial charge in [0.25, 0.3) is 0 Å². The molecule has 0 bridgehead atoms. The number of hydrogen-bond acceptors (Lipinski definition) is 3. The lowest BCUT2D eigenvalue weighted by atomic mass is 9.42. The van der Waals surface area contributed by atoms with Gasteiger partial charge in [0.15, 0.2) is 0 Å². The molecule has 0 aromatic rings. The third kappa shape index (κ3) is 7.77. The normalized spacial score (nSPS) is 36.1. The molecule has 0 radical (unpaired) electrons. The molecule has 4 saturated carbocycles. The van der Waals surface area contributed by atoms with Crippen molar-refractivity contribution < 1.29 is 36.6 Å². The standard InChI is InChI=1S/C34H54F5NO3/c1-31-19-17-25(41)21-24(31)13-14-26-27-15-16-28(42)32(27,2)22-23(30(26)31)11-8-6-4-3-5-7-9-20-40-29(43)12-10-18-33(35,36)34(37,38)39/h23-24,26-28,30,42H,3-22H2,1-2H3,(H,40,43)/t23?,24?,26-,27-,28?,30+,31-,32-/m0/s1. The fourth-order valence-corrected chi connectivity index (χ4v) is 10.0. The zero-order valence-corrected chi connectivity index (χ0v) is 26.3. The number of Topliss-reactive ketones (excluding diaryl/α,β-unsaturated/α-hetero) is 1. The average Bonchev–Trinajstić information content (AvgIpc) is 3.22. The van der Waals surface area contributed by atoms with Gasteiger partial charge >= 0.3 is 12.1 Å². The van der Waals surface area contributed by atoms with Gasteiger partial charge in [-0.1, -0.05) is 58.8 Å². The molecule has 4 aliphatic rings. The molecular weight excluding hydrogens is 565 g/mol. The summed E-state index contributed by atoms with van der Waals surface area (Å²) in [6.45, 7) is 5.26. The van der Waals surface area contributed by atoms with Crippen LogP contribution in [0.25, 0.3) is 0 Å². The molecule has 3 unspecified atom stereocenters. The van der Waals surface area contributed by atoms with E-state index in [1.807, 2.05) is 0 Å². The summed E-state index contributed by atoms with van der Waals surface area (Å²) in [7, 11) is 0. The zero-order valence-electron chi connectivity index (χ0n) is 26.3. The summed E-state index contributed by atoms with van der Waals surface area (Å²) in [4.78, 5) is 24.1. The lowest BCUT2D eigenvalue weighted by molar-refractivity contribution is -0.284. The molecule has 43 heavy (non-hydrogen) atoms. The fourth-order valence-electron chi connectivity index (χ4n) is 10.0.